The highest BCUT2D eigenvalue weighted by Gasteiger charge is 2.40. The van der Waals surface area contributed by atoms with Gasteiger partial charge in [-0.05, 0) is 33.1 Å². The maximum absolute atomic E-state index is 12.6. The van der Waals surface area contributed by atoms with E-state index in [0.29, 0.717) is 11.8 Å². The fourth-order valence-electron chi connectivity index (χ4n) is 3.24. The molecule has 5 heteroatoms. The lowest BCUT2D eigenvalue weighted by molar-refractivity contribution is -0.136. The highest BCUT2D eigenvalue weighted by Crippen LogP contribution is 2.32. The molecule has 1 aliphatic heterocycles. The molecule has 22 heavy (non-hydrogen) atoms. The van der Waals surface area contributed by atoms with E-state index in [4.69, 9.17) is 0 Å². The number of nitrogens with zero attached hydrogens (tertiary/aromatic N) is 1. The van der Waals surface area contributed by atoms with Crippen molar-refractivity contribution in [1.82, 2.24) is 10.2 Å². The minimum atomic E-state index is -0.319. The summed E-state index contributed by atoms with van der Waals surface area (Å²) < 4.78 is 0. The van der Waals surface area contributed by atoms with Gasteiger partial charge in [-0.2, -0.15) is 0 Å². The van der Waals surface area contributed by atoms with Crippen LogP contribution in [0.4, 0.5) is 0 Å². The molecule has 0 bridgehead atoms. The van der Waals surface area contributed by atoms with Gasteiger partial charge in [0, 0.05) is 17.9 Å². The van der Waals surface area contributed by atoms with E-state index in [2.05, 4.69) is 12.2 Å². The summed E-state index contributed by atoms with van der Waals surface area (Å²) >= 11 is 1.72. The zero-order valence-electron chi connectivity index (χ0n) is 13.9. The number of hydrogen-bond donors (Lipinski definition) is 1. The summed E-state index contributed by atoms with van der Waals surface area (Å²) in [5.74, 6) is 0.714. The first-order valence-electron chi connectivity index (χ1n) is 8.42. The molecule has 0 aromatic carbocycles. The van der Waals surface area contributed by atoms with Crippen molar-refractivity contribution in [1.29, 1.82) is 0 Å². The Morgan fingerprint density at radius 1 is 1.23 bits per heavy atom. The number of nitrogens with one attached hydrogen (secondary N) is 1. The predicted molar refractivity (Wildman–Crippen MR) is 91.6 cm³/mol. The van der Waals surface area contributed by atoms with Gasteiger partial charge < -0.3 is 10.2 Å². The molecule has 1 saturated heterocycles. The van der Waals surface area contributed by atoms with Crippen LogP contribution in [0.5, 0.6) is 0 Å². The second-order valence-corrected chi connectivity index (χ2v) is 7.73. The summed E-state index contributed by atoms with van der Waals surface area (Å²) in [5.41, 5.74) is 0.975. The van der Waals surface area contributed by atoms with Crippen molar-refractivity contribution < 1.29 is 9.59 Å². The molecular formula is C17H28N2O2S. The van der Waals surface area contributed by atoms with Gasteiger partial charge in [0.25, 0.3) is 0 Å². The minimum Gasteiger partial charge on any atom is -0.352 e. The van der Waals surface area contributed by atoms with E-state index in [1.807, 2.05) is 13.8 Å². The molecule has 1 aliphatic carbocycles. The van der Waals surface area contributed by atoms with Gasteiger partial charge in [0.1, 0.15) is 6.04 Å². The first-order valence-corrected chi connectivity index (χ1v) is 9.47. The van der Waals surface area contributed by atoms with Crippen molar-refractivity contribution >= 4 is 23.6 Å². The zero-order chi connectivity index (χ0) is 16.1. The Balaban J connectivity index is 2.04. The molecule has 2 atom stereocenters. The molecule has 2 aliphatic rings. The van der Waals surface area contributed by atoms with Gasteiger partial charge in [0.2, 0.25) is 11.8 Å². The van der Waals surface area contributed by atoms with Gasteiger partial charge in [0.15, 0.2) is 0 Å². The summed E-state index contributed by atoms with van der Waals surface area (Å²) in [5, 5.41) is 3.29. The smallest absolute Gasteiger partial charge is 0.248 e. The maximum Gasteiger partial charge on any atom is 0.248 e. The van der Waals surface area contributed by atoms with Crippen molar-refractivity contribution in [3.05, 3.63) is 11.6 Å². The molecular weight excluding hydrogens is 296 g/mol. The number of allylic oxidation sites excluding steroid dienone is 1. The fourth-order valence-corrected chi connectivity index (χ4v) is 4.60. The summed E-state index contributed by atoms with van der Waals surface area (Å²) in [4.78, 5) is 26.9. The first-order chi connectivity index (χ1) is 10.5. The van der Waals surface area contributed by atoms with Gasteiger partial charge >= 0.3 is 0 Å². The van der Waals surface area contributed by atoms with Gasteiger partial charge in [-0.25, -0.2) is 0 Å². The van der Waals surface area contributed by atoms with Crippen LogP contribution in [-0.4, -0.2) is 39.9 Å². The van der Waals surface area contributed by atoms with Crippen LogP contribution in [0.15, 0.2) is 11.6 Å². The molecule has 2 unspecified atom stereocenters. The van der Waals surface area contributed by atoms with Crippen molar-refractivity contribution in [3.63, 3.8) is 0 Å². The maximum atomic E-state index is 12.6. The Bertz CT molecular complexity index is 440. The Labute approximate surface area is 138 Å². The SMILES string of the molecule is CCC1SCC(C(=O)NC2CCCCC2)N1C(=O)C=C(C)C. The van der Waals surface area contributed by atoms with Crippen LogP contribution >= 0.6 is 11.8 Å². The van der Waals surface area contributed by atoms with E-state index >= 15 is 0 Å². The van der Waals surface area contributed by atoms with Gasteiger partial charge in [-0.3, -0.25) is 9.59 Å². The largest absolute Gasteiger partial charge is 0.352 e. The summed E-state index contributed by atoms with van der Waals surface area (Å²) in [7, 11) is 0. The summed E-state index contributed by atoms with van der Waals surface area (Å²) in [6, 6.07) is -0.0210. The highest BCUT2D eigenvalue weighted by atomic mass is 32.2. The molecule has 124 valence electrons. The lowest BCUT2D eigenvalue weighted by Crippen LogP contribution is -2.51. The summed E-state index contributed by atoms with van der Waals surface area (Å²) in [6.07, 6.45) is 8.34. The predicted octanol–water partition coefficient (Wildman–Crippen LogP) is 3.08. The van der Waals surface area contributed by atoms with Crippen LogP contribution in [0.1, 0.15) is 59.3 Å². The standard InChI is InChI=1S/C17H28N2O2S/c1-4-16-19(15(20)10-12(2)3)14(11-22-16)17(21)18-13-8-6-5-7-9-13/h10,13-14,16H,4-9,11H2,1-3H3,(H,18,21). The van der Waals surface area contributed by atoms with Crippen LogP contribution in [-0.2, 0) is 9.59 Å². The monoisotopic (exact) mass is 324 g/mol. The number of carbonyl (C=O) groups is 2. The average Bonchev–Trinajstić information content (AvgIpc) is 2.91. The molecule has 2 fully saturated rings. The number of rotatable bonds is 4. The lowest BCUT2D eigenvalue weighted by Gasteiger charge is -2.30. The second kappa shape index (κ2) is 8.04. The van der Waals surface area contributed by atoms with E-state index in [9.17, 15) is 9.59 Å². The molecule has 4 nitrogen and oxygen atoms in total. The number of amides is 2. The molecule has 0 spiro atoms. The van der Waals surface area contributed by atoms with Crippen LogP contribution < -0.4 is 5.32 Å². The minimum absolute atomic E-state index is 0.0272. The third kappa shape index (κ3) is 4.28. The fraction of sp³-hybridized carbons (Fsp3) is 0.765. The Morgan fingerprint density at radius 2 is 1.91 bits per heavy atom. The average molecular weight is 324 g/mol. The highest BCUT2D eigenvalue weighted by molar-refractivity contribution is 8.00. The molecule has 2 amide bonds. The molecule has 0 radical (unpaired) electrons. The topological polar surface area (TPSA) is 49.4 Å². The van der Waals surface area contributed by atoms with Crippen molar-refractivity contribution in [2.75, 3.05) is 5.75 Å². The quantitative estimate of drug-likeness (QED) is 0.809. The van der Waals surface area contributed by atoms with E-state index in [1.54, 1.807) is 22.7 Å². The van der Waals surface area contributed by atoms with Crippen molar-refractivity contribution in [3.8, 4) is 0 Å². The Morgan fingerprint density at radius 3 is 2.50 bits per heavy atom. The third-order valence-electron chi connectivity index (χ3n) is 4.36. The summed E-state index contributed by atoms with van der Waals surface area (Å²) in [6.45, 7) is 5.90. The van der Waals surface area contributed by atoms with Crippen molar-refractivity contribution in [2.24, 2.45) is 0 Å². The normalized spacial score (nSPS) is 25.9. The zero-order valence-corrected chi connectivity index (χ0v) is 14.7. The van der Waals surface area contributed by atoms with Crippen LogP contribution in [0, 0.1) is 0 Å². The molecule has 1 N–H and O–H groups in total. The molecule has 2 rings (SSSR count). The Hall–Kier alpha value is -0.970. The van der Waals surface area contributed by atoms with Crippen LogP contribution in [0.25, 0.3) is 0 Å². The third-order valence-corrected chi connectivity index (χ3v) is 5.82. The van der Waals surface area contributed by atoms with Crippen LogP contribution in [0.2, 0.25) is 0 Å². The Kier molecular flexibility index (Phi) is 6.36. The van der Waals surface area contributed by atoms with E-state index in [-0.39, 0.29) is 23.2 Å². The second-order valence-electron chi connectivity index (χ2n) is 6.52. The molecule has 0 aromatic heterocycles. The van der Waals surface area contributed by atoms with Crippen LogP contribution in [0.3, 0.4) is 0 Å². The number of thioether (sulfide) groups is 1. The molecule has 0 aromatic rings. The van der Waals surface area contributed by atoms with E-state index in [0.717, 1.165) is 24.8 Å². The first kappa shape index (κ1) is 17.4. The number of hydrogen-bond acceptors (Lipinski definition) is 3. The van der Waals surface area contributed by atoms with E-state index < -0.39 is 0 Å². The molecule has 1 saturated carbocycles. The van der Waals surface area contributed by atoms with Gasteiger partial charge in [-0.1, -0.05) is 31.8 Å². The van der Waals surface area contributed by atoms with E-state index in [1.165, 1.54) is 19.3 Å². The van der Waals surface area contributed by atoms with Gasteiger partial charge in [0.05, 0.1) is 5.37 Å². The van der Waals surface area contributed by atoms with Gasteiger partial charge in [-0.15, -0.1) is 11.8 Å². The van der Waals surface area contributed by atoms with Crippen molar-refractivity contribution in [2.45, 2.75) is 76.8 Å². The molecule has 1 heterocycles. The lowest BCUT2D eigenvalue weighted by atomic mass is 9.95. The number of carbonyl (C=O) groups excluding carboxylic acids is 2.